The first-order valence-electron chi connectivity index (χ1n) is 6.71. The highest BCUT2D eigenvalue weighted by Crippen LogP contribution is 2.09. The van der Waals surface area contributed by atoms with Gasteiger partial charge < -0.3 is 15.4 Å². The lowest BCUT2D eigenvalue weighted by molar-refractivity contribution is -0.137. The van der Waals surface area contributed by atoms with Crippen molar-refractivity contribution in [1.29, 1.82) is 0 Å². The van der Waals surface area contributed by atoms with Gasteiger partial charge in [0.15, 0.2) is 11.2 Å². The third-order valence-corrected chi connectivity index (χ3v) is 2.94. The number of aryl methyl sites for hydroxylation is 1. The van der Waals surface area contributed by atoms with Gasteiger partial charge in [0.1, 0.15) is 0 Å². The molecule has 2 aromatic rings. The molecular weight excluding hydrogens is 278 g/mol. The second kappa shape index (κ2) is 6.25. The Hall–Kier alpha value is -2.58. The van der Waals surface area contributed by atoms with Gasteiger partial charge in [-0.25, -0.2) is 4.79 Å². The van der Waals surface area contributed by atoms with Crippen LogP contribution in [0.5, 0.6) is 0 Å². The van der Waals surface area contributed by atoms with E-state index < -0.39 is 17.2 Å². The summed E-state index contributed by atoms with van der Waals surface area (Å²) in [5.74, 6) is -0.522. The van der Waals surface area contributed by atoms with E-state index in [0.29, 0.717) is 31.1 Å². The molecule has 0 saturated carbocycles. The van der Waals surface area contributed by atoms with Crippen molar-refractivity contribution >= 4 is 23.1 Å². The molecule has 0 radical (unpaired) electrons. The molecule has 2 aromatic heterocycles. The number of nitrogens with zero attached hydrogens (tertiary/aromatic N) is 2. The molecule has 0 spiro atoms. The first-order chi connectivity index (χ1) is 10.0. The maximum Gasteiger partial charge on any atom is 0.330 e. The summed E-state index contributed by atoms with van der Waals surface area (Å²) in [6, 6.07) is 0. The Morgan fingerprint density at radius 1 is 1.38 bits per heavy atom. The Labute approximate surface area is 119 Å². The monoisotopic (exact) mass is 295 g/mol. The van der Waals surface area contributed by atoms with Crippen LogP contribution in [-0.2, 0) is 11.3 Å². The van der Waals surface area contributed by atoms with Crippen molar-refractivity contribution in [3.8, 4) is 0 Å². The summed E-state index contributed by atoms with van der Waals surface area (Å²) in [6.07, 6.45) is 1.22. The Morgan fingerprint density at radius 2 is 2.14 bits per heavy atom. The molecular formula is C12H17N5O4. The van der Waals surface area contributed by atoms with Crippen LogP contribution < -0.4 is 16.6 Å². The van der Waals surface area contributed by atoms with E-state index in [1.165, 1.54) is 4.57 Å². The molecule has 0 unspecified atom stereocenters. The maximum absolute atomic E-state index is 11.8. The lowest BCUT2D eigenvalue weighted by Crippen LogP contribution is -2.30. The molecule has 0 aliphatic heterocycles. The van der Waals surface area contributed by atoms with Gasteiger partial charge in [-0.2, -0.15) is 4.98 Å². The highest BCUT2D eigenvalue weighted by Gasteiger charge is 2.12. The number of aliphatic carboxylic acids is 1. The van der Waals surface area contributed by atoms with E-state index in [1.807, 2.05) is 6.92 Å². The summed E-state index contributed by atoms with van der Waals surface area (Å²) < 4.78 is 1.40. The zero-order valence-electron chi connectivity index (χ0n) is 11.6. The molecule has 2 heterocycles. The predicted octanol–water partition coefficient (Wildman–Crippen LogP) is 0.0996. The van der Waals surface area contributed by atoms with Gasteiger partial charge in [-0.1, -0.05) is 6.92 Å². The van der Waals surface area contributed by atoms with E-state index >= 15 is 0 Å². The van der Waals surface area contributed by atoms with Gasteiger partial charge in [-0.3, -0.25) is 19.1 Å². The fraction of sp³-hybridized carbons (Fsp3) is 0.500. The smallest absolute Gasteiger partial charge is 0.330 e. The summed E-state index contributed by atoms with van der Waals surface area (Å²) in [7, 11) is 0. The topological polar surface area (TPSA) is 133 Å². The van der Waals surface area contributed by atoms with Crippen molar-refractivity contribution in [2.75, 3.05) is 11.9 Å². The van der Waals surface area contributed by atoms with Gasteiger partial charge in [0.25, 0.3) is 5.56 Å². The lowest BCUT2D eigenvalue weighted by Gasteiger charge is -2.02. The predicted molar refractivity (Wildman–Crippen MR) is 76.6 cm³/mol. The highest BCUT2D eigenvalue weighted by atomic mass is 16.4. The number of aromatic amines is 2. The molecule has 0 atom stereocenters. The minimum absolute atomic E-state index is 0.0500. The summed E-state index contributed by atoms with van der Waals surface area (Å²) >= 11 is 0. The van der Waals surface area contributed by atoms with Crippen molar-refractivity contribution < 1.29 is 9.90 Å². The first kappa shape index (κ1) is 14.8. The number of anilines is 1. The molecule has 0 saturated heterocycles. The van der Waals surface area contributed by atoms with Crippen molar-refractivity contribution in [3.63, 3.8) is 0 Å². The van der Waals surface area contributed by atoms with Gasteiger partial charge in [0.05, 0.1) is 0 Å². The molecule has 0 aliphatic rings. The zero-order chi connectivity index (χ0) is 15.4. The van der Waals surface area contributed by atoms with Crippen LogP contribution in [0.1, 0.15) is 26.2 Å². The van der Waals surface area contributed by atoms with Crippen LogP contribution in [0, 0.1) is 0 Å². The Kier molecular flexibility index (Phi) is 4.41. The number of carboxylic acids is 1. The molecule has 9 heteroatoms. The van der Waals surface area contributed by atoms with E-state index in [4.69, 9.17) is 5.11 Å². The molecule has 0 aliphatic carbocycles. The van der Waals surface area contributed by atoms with Crippen LogP contribution in [0.2, 0.25) is 0 Å². The van der Waals surface area contributed by atoms with E-state index in [2.05, 4.69) is 20.3 Å². The van der Waals surface area contributed by atoms with Gasteiger partial charge in [-0.15, -0.1) is 0 Å². The summed E-state index contributed by atoms with van der Waals surface area (Å²) in [4.78, 5) is 43.2. The number of hydrogen-bond acceptors (Lipinski definition) is 5. The van der Waals surface area contributed by atoms with Crippen LogP contribution in [0.4, 0.5) is 5.95 Å². The average Bonchev–Trinajstić information content (AvgIpc) is 2.84. The van der Waals surface area contributed by atoms with Gasteiger partial charge >= 0.3 is 11.7 Å². The quantitative estimate of drug-likeness (QED) is 0.535. The van der Waals surface area contributed by atoms with Crippen molar-refractivity contribution in [2.24, 2.45) is 0 Å². The minimum atomic E-state index is -0.866. The van der Waals surface area contributed by atoms with Crippen LogP contribution >= 0.6 is 0 Å². The fourth-order valence-corrected chi connectivity index (χ4v) is 2.00. The number of H-pyrrole nitrogens is 2. The molecule has 4 N–H and O–H groups in total. The SMILES string of the molecule is CCCn1c(=O)[nH]c(=O)c2[nH]c(NCCCC(=O)O)nc21. The number of fused-ring (bicyclic) bond motifs is 1. The lowest BCUT2D eigenvalue weighted by atomic mass is 10.3. The highest BCUT2D eigenvalue weighted by molar-refractivity contribution is 5.72. The second-order valence-corrected chi connectivity index (χ2v) is 4.62. The third kappa shape index (κ3) is 3.30. The van der Waals surface area contributed by atoms with Crippen molar-refractivity contribution in [2.45, 2.75) is 32.7 Å². The molecule has 114 valence electrons. The number of imidazole rings is 1. The van der Waals surface area contributed by atoms with E-state index in [0.717, 1.165) is 6.42 Å². The fourth-order valence-electron chi connectivity index (χ4n) is 2.00. The van der Waals surface area contributed by atoms with Crippen LogP contribution in [0.3, 0.4) is 0 Å². The molecule has 0 bridgehead atoms. The maximum atomic E-state index is 11.8. The Balaban J connectivity index is 2.26. The van der Waals surface area contributed by atoms with Gasteiger partial charge in [0.2, 0.25) is 5.95 Å². The summed E-state index contributed by atoms with van der Waals surface area (Å²) in [5.41, 5.74) is -0.484. The largest absolute Gasteiger partial charge is 0.481 e. The summed E-state index contributed by atoms with van der Waals surface area (Å²) in [6.45, 7) is 2.78. The van der Waals surface area contributed by atoms with Crippen LogP contribution in [-0.4, -0.2) is 37.1 Å². The third-order valence-electron chi connectivity index (χ3n) is 2.94. The van der Waals surface area contributed by atoms with Gasteiger partial charge in [0, 0.05) is 19.5 Å². The molecule has 0 fully saturated rings. The number of aromatic nitrogens is 4. The second-order valence-electron chi connectivity index (χ2n) is 4.62. The Bertz CT molecular complexity index is 757. The molecule has 21 heavy (non-hydrogen) atoms. The molecule has 0 amide bonds. The minimum Gasteiger partial charge on any atom is -0.481 e. The Morgan fingerprint density at radius 3 is 2.81 bits per heavy atom. The van der Waals surface area contributed by atoms with Crippen molar-refractivity contribution in [1.82, 2.24) is 19.5 Å². The zero-order valence-corrected chi connectivity index (χ0v) is 11.6. The number of carboxylic acid groups (broad SMARTS) is 1. The van der Waals surface area contributed by atoms with Crippen molar-refractivity contribution in [3.05, 3.63) is 20.8 Å². The standard InChI is InChI=1S/C12H17N5O4/c1-2-6-17-9-8(10(20)16-12(17)21)14-11(15-9)13-5-3-4-7(18)19/h2-6H2,1H3,(H,18,19)(H2,13,14,15)(H,16,20,21). The number of nitrogens with one attached hydrogen (secondary N) is 3. The average molecular weight is 295 g/mol. The number of rotatable bonds is 7. The van der Waals surface area contributed by atoms with Crippen LogP contribution in [0.15, 0.2) is 9.59 Å². The van der Waals surface area contributed by atoms with Crippen LogP contribution in [0.25, 0.3) is 11.2 Å². The molecule has 2 rings (SSSR count). The number of carbonyl (C=O) groups is 1. The molecule has 9 nitrogen and oxygen atoms in total. The van der Waals surface area contributed by atoms with E-state index in [-0.39, 0.29) is 11.9 Å². The van der Waals surface area contributed by atoms with E-state index in [1.54, 1.807) is 0 Å². The van der Waals surface area contributed by atoms with Gasteiger partial charge in [-0.05, 0) is 12.8 Å². The molecule has 0 aromatic carbocycles. The first-order valence-corrected chi connectivity index (χ1v) is 6.71. The number of hydrogen-bond donors (Lipinski definition) is 4. The van der Waals surface area contributed by atoms with E-state index in [9.17, 15) is 14.4 Å². The summed E-state index contributed by atoms with van der Waals surface area (Å²) in [5, 5.41) is 11.5. The normalized spacial score (nSPS) is 10.9.